The summed E-state index contributed by atoms with van der Waals surface area (Å²) in [5.74, 6) is 3.65. The Kier molecular flexibility index (Phi) is 31.3. The van der Waals surface area contributed by atoms with Crippen molar-refractivity contribution in [2.45, 2.75) is 148 Å². The van der Waals surface area contributed by atoms with Crippen LogP contribution in [0, 0.1) is 23.7 Å². The first-order chi connectivity index (χ1) is 36.2. The van der Waals surface area contributed by atoms with Crippen LogP contribution < -0.4 is 0 Å². The summed E-state index contributed by atoms with van der Waals surface area (Å²) in [6, 6.07) is 43.9. The molecular weight excluding hydrogens is 1040 g/mol. The lowest BCUT2D eigenvalue weighted by atomic mass is 9.76. The van der Waals surface area contributed by atoms with E-state index >= 15 is 0 Å². The van der Waals surface area contributed by atoms with Crippen LogP contribution in [-0.4, -0.2) is 57.6 Å². The predicted molar refractivity (Wildman–Crippen MR) is 331 cm³/mol. The summed E-state index contributed by atoms with van der Waals surface area (Å²) in [7, 11) is 0. The predicted octanol–water partition coefficient (Wildman–Crippen LogP) is 20.1. The standard InChI is InChI=1S/2C31H38N2.2CHCl3/c2*1-3-9-26(10-4-1)13-7-23-32-30-19-15-28(16-20-30)25-29-17-21-31(22-18-29)33-24-8-14-27-11-5-2-6-12-27;2*2-1(3)4/h2*1-14,23-24,28-31H,15-22,25H2;2*1H/b2*13-7+,14-8+,32-23?,33-24?;;. The van der Waals surface area contributed by atoms with Gasteiger partial charge in [-0.3, -0.25) is 20.0 Å². The fourth-order valence-electron chi connectivity index (χ4n) is 10.6. The summed E-state index contributed by atoms with van der Waals surface area (Å²) in [6.45, 7) is 0. The molecule has 4 nitrogen and oxygen atoms in total. The van der Waals surface area contributed by atoms with Gasteiger partial charge in [-0.1, -0.05) is 215 Å². The van der Waals surface area contributed by atoms with E-state index in [9.17, 15) is 0 Å². The van der Waals surface area contributed by atoms with E-state index < -0.39 is 8.59 Å². The number of nitrogens with zero attached hydrogens (tertiary/aromatic N) is 4. The first kappa shape index (κ1) is 61.1. The van der Waals surface area contributed by atoms with Crippen LogP contribution in [-0.2, 0) is 0 Å². The molecule has 0 atom stereocenters. The maximum atomic E-state index is 4.81. The van der Waals surface area contributed by atoms with Crippen molar-refractivity contribution in [3.63, 3.8) is 0 Å². The van der Waals surface area contributed by atoms with Gasteiger partial charge in [0.15, 0.2) is 8.59 Å². The van der Waals surface area contributed by atoms with Gasteiger partial charge >= 0.3 is 0 Å². The Bertz CT molecular complexity index is 1940. The zero-order valence-electron chi connectivity index (χ0n) is 43.0. The van der Waals surface area contributed by atoms with E-state index in [1.807, 2.05) is 24.9 Å². The minimum absolute atomic E-state index is 0.524. The largest absolute Gasteiger partial charge is 0.290 e. The summed E-state index contributed by atoms with van der Waals surface area (Å²) < 4.78 is -1.50. The number of benzene rings is 4. The highest BCUT2D eigenvalue weighted by Crippen LogP contribution is 2.38. The molecule has 0 aromatic heterocycles. The molecule has 0 aliphatic heterocycles. The molecule has 4 aliphatic carbocycles. The normalized spacial score (nSPS) is 24.8. The third-order valence-electron chi connectivity index (χ3n) is 14.5. The van der Waals surface area contributed by atoms with Crippen LogP contribution in [0.4, 0.5) is 0 Å². The van der Waals surface area contributed by atoms with E-state index in [0.717, 1.165) is 23.7 Å². The molecule has 0 radical (unpaired) electrons. The van der Waals surface area contributed by atoms with Gasteiger partial charge in [-0.25, -0.2) is 0 Å². The van der Waals surface area contributed by atoms with Crippen LogP contribution in [0.3, 0.4) is 0 Å². The van der Waals surface area contributed by atoms with Gasteiger partial charge in [-0.05, 0) is 186 Å². The number of aliphatic imine (C=N–C) groups is 4. The van der Waals surface area contributed by atoms with Crippen molar-refractivity contribution in [1.29, 1.82) is 0 Å². The molecule has 4 aromatic carbocycles. The summed E-state index contributed by atoms with van der Waals surface area (Å²) in [5, 5.41) is 0. The lowest BCUT2D eigenvalue weighted by Crippen LogP contribution is -2.23. The molecule has 396 valence electrons. The summed E-state index contributed by atoms with van der Waals surface area (Å²) >= 11 is 28.8. The Hall–Kier alpha value is -3.74. The third-order valence-corrected chi connectivity index (χ3v) is 14.5. The molecular formula is C64H78Cl6N4. The molecule has 0 N–H and O–H groups in total. The molecule has 74 heavy (non-hydrogen) atoms. The third kappa shape index (κ3) is 28.4. The number of hydrogen-bond donors (Lipinski definition) is 0. The van der Waals surface area contributed by atoms with Crippen molar-refractivity contribution in [1.82, 2.24) is 0 Å². The lowest BCUT2D eigenvalue weighted by Gasteiger charge is -2.32. The Morgan fingerprint density at radius 2 is 0.473 bits per heavy atom. The Balaban J connectivity index is 0.000000239. The van der Waals surface area contributed by atoms with Crippen molar-refractivity contribution < 1.29 is 0 Å². The zero-order chi connectivity index (χ0) is 52.3. The van der Waals surface area contributed by atoms with E-state index in [1.165, 1.54) is 138 Å². The topological polar surface area (TPSA) is 49.4 Å². The second kappa shape index (κ2) is 37.9. The van der Waals surface area contributed by atoms with Crippen LogP contribution in [0.25, 0.3) is 24.3 Å². The quantitative estimate of drug-likeness (QED) is 0.0793. The van der Waals surface area contributed by atoms with Gasteiger partial charge in [-0.15, -0.1) is 0 Å². The SMILES string of the molecule is C(/C=C/c1ccccc1)=NC1CCC(CC2CCC(N=C/C=C/c3ccccc3)CC2)CC1.C(/C=C/c1ccccc1)=NC1CCC(CC2CCC(N=C/C=C/c3ccccc3)CC2)CC1.ClC(Cl)Cl.ClC(Cl)Cl. The molecule has 0 unspecified atom stereocenters. The minimum Gasteiger partial charge on any atom is -0.290 e. The number of halogens is 6. The van der Waals surface area contributed by atoms with Crippen molar-refractivity contribution >= 4 is 119 Å². The Morgan fingerprint density at radius 1 is 0.297 bits per heavy atom. The molecule has 0 amide bonds. The second-order valence-electron chi connectivity index (χ2n) is 19.9. The lowest BCUT2D eigenvalue weighted by molar-refractivity contribution is 0.226. The van der Waals surface area contributed by atoms with Crippen LogP contribution in [0.5, 0.6) is 0 Å². The van der Waals surface area contributed by atoms with Crippen molar-refractivity contribution in [2.24, 2.45) is 43.6 Å². The van der Waals surface area contributed by atoms with Gasteiger partial charge in [0.2, 0.25) is 0 Å². The first-order valence-electron chi connectivity index (χ1n) is 27.0. The maximum Gasteiger partial charge on any atom is 0.180 e. The van der Waals surface area contributed by atoms with Crippen LogP contribution in [0.2, 0.25) is 0 Å². The summed E-state index contributed by atoms with van der Waals surface area (Å²) in [4.78, 5) is 19.2. The average Bonchev–Trinajstić information content (AvgIpc) is 3.42. The minimum atomic E-state index is -0.750. The maximum absolute atomic E-state index is 4.81. The van der Waals surface area contributed by atoms with Gasteiger partial charge < -0.3 is 0 Å². The molecule has 0 spiro atoms. The van der Waals surface area contributed by atoms with Gasteiger partial charge in [0.1, 0.15) is 0 Å². The van der Waals surface area contributed by atoms with E-state index in [-0.39, 0.29) is 0 Å². The second-order valence-corrected chi connectivity index (χ2v) is 23.9. The van der Waals surface area contributed by atoms with Crippen molar-refractivity contribution in [2.75, 3.05) is 0 Å². The molecule has 8 rings (SSSR count). The number of hydrogen-bond acceptors (Lipinski definition) is 4. The van der Waals surface area contributed by atoms with Gasteiger partial charge in [0, 0.05) is 49.0 Å². The van der Waals surface area contributed by atoms with Gasteiger partial charge in [-0.2, -0.15) is 0 Å². The molecule has 0 heterocycles. The van der Waals surface area contributed by atoms with Crippen LogP contribution in [0.1, 0.15) is 138 Å². The average molecular weight is 1120 g/mol. The van der Waals surface area contributed by atoms with Crippen LogP contribution >= 0.6 is 69.6 Å². The molecule has 4 fully saturated rings. The number of allylic oxidation sites excluding steroid dienone is 4. The molecule has 4 saturated carbocycles. The fraction of sp³-hybridized carbons (Fsp3) is 0.438. The smallest absolute Gasteiger partial charge is 0.180 e. The first-order valence-corrected chi connectivity index (χ1v) is 29.6. The van der Waals surface area contributed by atoms with E-state index in [4.69, 9.17) is 89.6 Å². The van der Waals surface area contributed by atoms with Crippen molar-refractivity contribution in [3.8, 4) is 0 Å². The van der Waals surface area contributed by atoms with E-state index in [0.29, 0.717) is 24.2 Å². The molecule has 10 heteroatoms. The van der Waals surface area contributed by atoms with Gasteiger partial charge in [0.05, 0.1) is 0 Å². The van der Waals surface area contributed by atoms with E-state index in [2.05, 4.69) is 170 Å². The Labute approximate surface area is 475 Å². The highest BCUT2D eigenvalue weighted by molar-refractivity contribution is 6.63. The van der Waals surface area contributed by atoms with Gasteiger partial charge in [0.25, 0.3) is 0 Å². The van der Waals surface area contributed by atoms with Crippen molar-refractivity contribution in [3.05, 3.63) is 168 Å². The van der Waals surface area contributed by atoms with Crippen LogP contribution in [0.15, 0.2) is 166 Å². The fourth-order valence-corrected chi connectivity index (χ4v) is 10.6. The number of rotatable bonds is 16. The highest BCUT2D eigenvalue weighted by atomic mass is 35.6. The molecule has 0 saturated heterocycles. The Morgan fingerprint density at radius 3 is 0.649 bits per heavy atom. The van der Waals surface area contributed by atoms with E-state index in [1.54, 1.807) is 0 Å². The molecule has 4 aliphatic rings. The zero-order valence-corrected chi connectivity index (χ0v) is 47.6. The summed E-state index contributed by atoms with van der Waals surface area (Å²) in [5.41, 5.74) is 4.93. The molecule has 0 bridgehead atoms. The highest BCUT2D eigenvalue weighted by Gasteiger charge is 2.28. The summed E-state index contributed by atoms with van der Waals surface area (Å²) in [6.07, 6.45) is 48.6. The monoisotopic (exact) mass is 1110 g/mol. The number of alkyl halides is 6. The molecule has 4 aromatic rings.